The first-order valence-corrected chi connectivity index (χ1v) is 21.0. The molecule has 5 nitrogen and oxygen atoms in total. The van der Waals surface area contributed by atoms with Gasteiger partial charge in [0.2, 0.25) is 0 Å². The number of hydrogen-bond donors (Lipinski definition) is 2. The van der Waals surface area contributed by atoms with Gasteiger partial charge >= 0.3 is 0 Å². The van der Waals surface area contributed by atoms with Gasteiger partial charge in [-0.25, -0.2) is 0 Å². The fraction of sp³-hybridized carbons (Fsp3) is 0. The highest BCUT2D eigenvalue weighted by atomic mass is 15.3. The van der Waals surface area contributed by atoms with Crippen LogP contribution < -0.4 is 5.43 Å². The molecule has 0 saturated carbocycles. The average molecular weight is 808 g/mol. The Morgan fingerprint density at radius 2 is 0.714 bits per heavy atom. The average Bonchev–Trinajstić information content (AvgIpc) is 3.37. The van der Waals surface area contributed by atoms with Crippen molar-refractivity contribution in [2.24, 2.45) is 5.10 Å². The summed E-state index contributed by atoms with van der Waals surface area (Å²) in [6.07, 6.45) is 11.4. The predicted octanol–water partition coefficient (Wildman–Crippen LogP) is 14.4. The summed E-state index contributed by atoms with van der Waals surface area (Å²) in [6, 6.07) is 69.6. The fourth-order valence-electron chi connectivity index (χ4n) is 8.12. The molecule has 1 aliphatic rings. The number of rotatable bonds is 10. The zero-order valence-electron chi connectivity index (χ0n) is 34.4. The molecule has 0 bridgehead atoms. The molecule has 0 amide bonds. The van der Waals surface area contributed by atoms with Gasteiger partial charge in [-0.05, 0) is 151 Å². The number of hydrazone groups is 1. The van der Waals surface area contributed by atoms with Crippen LogP contribution in [0.3, 0.4) is 0 Å². The van der Waals surface area contributed by atoms with Crippen LogP contribution in [0.5, 0.6) is 0 Å². The van der Waals surface area contributed by atoms with Gasteiger partial charge in [-0.1, -0.05) is 133 Å². The maximum absolute atomic E-state index is 9.79. The summed E-state index contributed by atoms with van der Waals surface area (Å²) in [5.41, 5.74) is 21.5. The van der Waals surface area contributed by atoms with E-state index in [0.717, 1.165) is 94.7 Å². The summed E-state index contributed by atoms with van der Waals surface area (Å²) in [7, 11) is 0. The van der Waals surface area contributed by atoms with Crippen LogP contribution in [0, 0.1) is 5.41 Å². The molecule has 5 heteroatoms. The third-order valence-corrected chi connectivity index (χ3v) is 11.3. The van der Waals surface area contributed by atoms with Crippen molar-refractivity contribution >= 4 is 28.3 Å². The number of anilines is 1. The standard InChI is InChI=1S/C58H41N5/c59-57-37-53(50-29-46(40-15-5-1-6-16-40)27-47(30-50)41-17-7-2-8-18-41)36-56(54-32-48(42-19-9-3-10-20-42)28-49(33-54)43-21-11-4-12-22-43)58(57)63-62-55-34-51(44-23-13-25-60-38-44)31-52(35-55)45-24-14-26-61-39-45/h1-39,59,62H/b59-57?,63-58-. The van der Waals surface area contributed by atoms with E-state index in [1.165, 1.54) is 0 Å². The maximum Gasteiger partial charge on any atom is 0.116 e. The minimum absolute atomic E-state index is 0.295. The van der Waals surface area contributed by atoms with Gasteiger partial charge in [-0.15, -0.1) is 0 Å². The lowest BCUT2D eigenvalue weighted by molar-refractivity contribution is 1.31. The van der Waals surface area contributed by atoms with Gasteiger partial charge in [0.25, 0.3) is 0 Å². The summed E-state index contributed by atoms with van der Waals surface area (Å²) in [4.78, 5) is 8.80. The quantitative estimate of drug-likeness (QED) is 0.107. The monoisotopic (exact) mass is 807 g/mol. The van der Waals surface area contributed by atoms with Gasteiger partial charge in [0.1, 0.15) is 5.71 Å². The van der Waals surface area contributed by atoms with Gasteiger partial charge in [0, 0.05) is 41.5 Å². The topological polar surface area (TPSA) is 74.0 Å². The van der Waals surface area contributed by atoms with Crippen molar-refractivity contribution < 1.29 is 0 Å². The molecule has 2 aromatic heterocycles. The highest BCUT2D eigenvalue weighted by molar-refractivity contribution is 6.62. The zero-order valence-corrected chi connectivity index (χ0v) is 34.4. The summed E-state index contributed by atoms with van der Waals surface area (Å²) in [6.45, 7) is 0. The Hall–Kier alpha value is -8.54. The number of allylic oxidation sites excluding steroid dienone is 4. The second kappa shape index (κ2) is 17.6. The van der Waals surface area contributed by atoms with Gasteiger partial charge in [-0.3, -0.25) is 20.8 Å². The third-order valence-electron chi connectivity index (χ3n) is 11.3. The highest BCUT2D eigenvalue weighted by Gasteiger charge is 2.23. The summed E-state index contributed by atoms with van der Waals surface area (Å²) in [5.74, 6) is 0. The number of benzene rings is 7. The van der Waals surface area contributed by atoms with Gasteiger partial charge in [-0.2, -0.15) is 5.10 Å². The molecule has 10 rings (SSSR count). The molecule has 7 aromatic carbocycles. The first-order valence-electron chi connectivity index (χ1n) is 21.0. The van der Waals surface area contributed by atoms with Crippen LogP contribution in [0.15, 0.2) is 242 Å². The van der Waals surface area contributed by atoms with Crippen molar-refractivity contribution in [2.75, 3.05) is 5.43 Å². The van der Waals surface area contributed by atoms with E-state index in [9.17, 15) is 5.41 Å². The molecule has 2 heterocycles. The first kappa shape index (κ1) is 38.6. The smallest absolute Gasteiger partial charge is 0.116 e. The molecule has 0 saturated heterocycles. The number of nitrogens with zero attached hydrogens (tertiary/aromatic N) is 3. The van der Waals surface area contributed by atoms with E-state index in [0.29, 0.717) is 11.4 Å². The van der Waals surface area contributed by atoms with Crippen LogP contribution in [-0.4, -0.2) is 21.4 Å². The van der Waals surface area contributed by atoms with E-state index in [4.69, 9.17) is 5.10 Å². The SMILES string of the molecule is N=C1C=C(c2cc(-c3ccccc3)cc(-c3ccccc3)c2)C=C(c2cc(-c3ccccc3)cc(-c3ccccc3)c2)/C1=N/Nc1cc(-c2cccnc2)cc(-c2cccnc2)c1. The number of nitrogens with one attached hydrogen (secondary N) is 2. The Kier molecular flexibility index (Phi) is 10.8. The van der Waals surface area contributed by atoms with Crippen molar-refractivity contribution in [3.05, 3.63) is 248 Å². The Morgan fingerprint density at radius 3 is 1.11 bits per heavy atom. The van der Waals surface area contributed by atoms with E-state index < -0.39 is 0 Å². The number of pyridine rings is 2. The second-order valence-electron chi connectivity index (χ2n) is 15.5. The maximum atomic E-state index is 9.79. The summed E-state index contributed by atoms with van der Waals surface area (Å²) < 4.78 is 0. The van der Waals surface area contributed by atoms with Gasteiger partial charge in [0.05, 0.1) is 11.4 Å². The van der Waals surface area contributed by atoms with Crippen LogP contribution in [0.25, 0.3) is 77.9 Å². The van der Waals surface area contributed by atoms with Crippen LogP contribution in [0.2, 0.25) is 0 Å². The van der Waals surface area contributed by atoms with Crippen LogP contribution in [-0.2, 0) is 0 Å². The molecular formula is C58H41N5. The van der Waals surface area contributed by atoms with Gasteiger partial charge < -0.3 is 0 Å². The molecule has 0 fully saturated rings. The molecule has 1 aliphatic carbocycles. The Balaban J connectivity index is 1.15. The van der Waals surface area contributed by atoms with Crippen molar-refractivity contribution in [1.29, 1.82) is 5.41 Å². The van der Waals surface area contributed by atoms with E-state index in [-0.39, 0.29) is 0 Å². The van der Waals surface area contributed by atoms with E-state index >= 15 is 0 Å². The van der Waals surface area contributed by atoms with Crippen LogP contribution >= 0.6 is 0 Å². The molecule has 0 aliphatic heterocycles. The van der Waals surface area contributed by atoms with E-state index in [1.807, 2.05) is 54.9 Å². The van der Waals surface area contributed by atoms with Crippen molar-refractivity contribution in [1.82, 2.24) is 9.97 Å². The molecule has 0 spiro atoms. The minimum atomic E-state index is 0.295. The largest absolute Gasteiger partial charge is 0.299 e. The zero-order chi connectivity index (χ0) is 42.4. The lowest BCUT2D eigenvalue weighted by Crippen LogP contribution is -2.19. The predicted molar refractivity (Wildman–Crippen MR) is 262 cm³/mol. The third kappa shape index (κ3) is 8.58. The van der Waals surface area contributed by atoms with Gasteiger partial charge in [0.15, 0.2) is 0 Å². The van der Waals surface area contributed by atoms with Crippen molar-refractivity contribution in [2.45, 2.75) is 0 Å². The Labute approximate surface area is 367 Å². The minimum Gasteiger partial charge on any atom is -0.299 e. The number of hydrogen-bond acceptors (Lipinski definition) is 5. The molecule has 0 atom stereocenters. The van der Waals surface area contributed by atoms with Crippen molar-refractivity contribution in [3.8, 4) is 66.8 Å². The Bertz CT molecular complexity index is 2990. The molecule has 298 valence electrons. The normalized spacial score (nSPS) is 13.0. The molecule has 0 radical (unpaired) electrons. The van der Waals surface area contributed by atoms with Crippen LogP contribution in [0.4, 0.5) is 5.69 Å². The first-order chi connectivity index (χ1) is 31.1. The molecular weight excluding hydrogens is 767 g/mol. The number of aromatic nitrogens is 2. The molecule has 2 N–H and O–H groups in total. The van der Waals surface area contributed by atoms with Crippen molar-refractivity contribution in [3.63, 3.8) is 0 Å². The molecule has 63 heavy (non-hydrogen) atoms. The molecule has 0 unspecified atom stereocenters. The van der Waals surface area contributed by atoms with Crippen LogP contribution in [0.1, 0.15) is 11.1 Å². The Morgan fingerprint density at radius 1 is 0.349 bits per heavy atom. The van der Waals surface area contributed by atoms with E-state index in [1.54, 1.807) is 12.4 Å². The summed E-state index contributed by atoms with van der Waals surface area (Å²) in [5, 5.41) is 14.9. The fourth-order valence-corrected chi connectivity index (χ4v) is 8.12. The molecule has 9 aromatic rings. The lowest BCUT2D eigenvalue weighted by Gasteiger charge is -2.21. The highest BCUT2D eigenvalue weighted by Crippen LogP contribution is 2.38. The summed E-state index contributed by atoms with van der Waals surface area (Å²) >= 11 is 0. The lowest BCUT2D eigenvalue weighted by atomic mass is 9.84. The van der Waals surface area contributed by atoms with E-state index in [2.05, 4.69) is 185 Å². The second-order valence-corrected chi connectivity index (χ2v) is 15.5.